The van der Waals surface area contributed by atoms with Crippen molar-refractivity contribution in [1.29, 1.82) is 0 Å². The predicted octanol–water partition coefficient (Wildman–Crippen LogP) is 3.07. The molecule has 0 aromatic carbocycles. The molecule has 0 N–H and O–H groups in total. The zero-order chi connectivity index (χ0) is 11.3. The van der Waals surface area contributed by atoms with Gasteiger partial charge in [0.1, 0.15) is 0 Å². The molecule has 0 radical (unpaired) electrons. The van der Waals surface area contributed by atoms with Crippen LogP contribution in [0.2, 0.25) is 0 Å². The molecule has 2 unspecified atom stereocenters. The van der Waals surface area contributed by atoms with Crippen molar-refractivity contribution in [2.75, 3.05) is 13.1 Å². The van der Waals surface area contributed by atoms with E-state index >= 15 is 0 Å². The van der Waals surface area contributed by atoms with Crippen molar-refractivity contribution in [3.63, 3.8) is 0 Å². The molecule has 0 saturated carbocycles. The smallest absolute Gasteiger partial charge is 0.222 e. The average molecular weight is 211 g/mol. The molecule has 1 heterocycles. The van der Waals surface area contributed by atoms with Crippen LogP contribution in [0.3, 0.4) is 0 Å². The van der Waals surface area contributed by atoms with Crippen molar-refractivity contribution < 1.29 is 4.79 Å². The minimum absolute atomic E-state index is 0.369. The normalized spacial score (nSPS) is 23.5. The second-order valence-electron chi connectivity index (χ2n) is 4.80. The zero-order valence-electron chi connectivity index (χ0n) is 10.5. The van der Waals surface area contributed by atoms with Gasteiger partial charge in [0.25, 0.3) is 0 Å². The van der Waals surface area contributed by atoms with E-state index in [0.29, 0.717) is 11.8 Å². The molecule has 2 nitrogen and oxygen atoms in total. The largest absolute Gasteiger partial charge is 0.343 e. The quantitative estimate of drug-likeness (QED) is 0.661. The van der Waals surface area contributed by atoms with E-state index < -0.39 is 0 Å². The highest BCUT2D eigenvalue weighted by molar-refractivity contribution is 5.78. The lowest BCUT2D eigenvalue weighted by atomic mass is 9.89. The van der Waals surface area contributed by atoms with Gasteiger partial charge >= 0.3 is 0 Å². The molecule has 1 rings (SSSR count). The Bertz CT molecular complexity index is 203. The molecule has 0 bridgehead atoms. The summed E-state index contributed by atoms with van der Waals surface area (Å²) < 4.78 is 0. The van der Waals surface area contributed by atoms with E-state index in [9.17, 15) is 4.79 Å². The van der Waals surface area contributed by atoms with Gasteiger partial charge in [0, 0.05) is 19.5 Å². The number of hydrogen-bond donors (Lipinski definition) is 0. The minimum Gasteiger partial charge on any atom is -0.343 e. The first-order valence-electron chi connectivity index (χ1n) is 6.48. The van der Waals surface area contributed by atoms with Crippen LogP contribution in [0, 0.1) is 11.8 Å². The first-order valence-corrected chi connectivity index (χ1v) is 6.48. The van der Waals surface area contributed by atoms with Crippen molar-refractivity contribution in [1.82, 2.24) is 4.90 Å². The Balaban J connectivity index is 2.36. The highest BCUT2D eigenvalue weighted by Gasteiger charge is 2.29. The standard InChI is InChI=1S/C13H25NO/c1-4-7-11(5-2)8-12-9-13(15)14(6-3)10-12/h11-12H,4-10H2,1-3H3. The number of hydrogen-bond acceptors (Lipinski definition) is 1. The van der Waals surface area contributed by atoms with Crippen molar-refractivity contribution >= 4 is 5.91 Å². The molecule has 2 atom stereocenters. The number of nitrogens with zero attached hydrogens (tertiary/aromatic N) is 1. The van der Waals surface area contributed by atoms with E-state index in [1.165, 1.54) is 25.7 Å². The lowest BCUT2D eigenvalue weighted by Crippen LogP contribution is -2.24. The topological polar surface area (TPSA) is 20.3 Å². The Kier molecular flexibility index (Phi) is 5.13. The van der Waals surface area contributed by atoms with Crippen LogP contribution in [-0.2, 0) is 4.79 Å². The monoisotopic (exact) mass is 211 g/mol. The fraction of sp³-hybridized carbons (Fsp3) is 0.923. The molecule has 0 aromatic heterocycles. The van der Waals surface area contributed by atoms with Crippen LogP contribution >= 0.6 is 0 Å². The van der Waals surface area contributed by atoms with Gasteiger partial charge < -0.3 is 4.90 Å². The maximum absolute atomic E-state index is 11.6. The third-order valence-corrected chi connectivity index (χ3v) is 3.62. The van der Waals surface area contributed by atoms with E-state index in [-0.39, 0.29) is 0 Å². The van der Waals surface area contributed by atoms with Gasteiger partial charge in [-0.25, -0.2) is 0 Å². The van der Waals surface area contributed by atoms with Crippen molar-refractivity contribution in [2.45, 2.75) is 52.9 Å². The molecule has 2 heteroatoms. The lowest BCUT2D eigenvalue weighted by Gasteiger charge is -2.18. The molecule has 0 spiro atoms. The number of likely N-dealkylation sites (tertiary alicyclic amines) is 1. The Hall–Kier alpha value is -0.530. The van der Waals surface area contributed by atoms with Crippen molar-refractivity contribution in [2.24, 2.45) is 11.8 Å². The third kappa shape index (κ3) is 3.51. The summed E-state index contributed by atoms with van der Waals surface area (Å²) in [4.78, 5) is 13.6. The maximum Gasteiger partial charge on any atom is 0.222 e. The van der Waals surface area contributed by atoms with E-state index in [0.717, 1.165) is 25.4 Å². The maximum atomic E-state index is 11.6. The van der Waals surface area contributed by atoms with Crippen LogP contribution in [-0.4, -0.2) is 23.9 Å². The zero-order valence-corrected chi connectivity index (χ0v) is 10.5. The molecular formula is C13H25NO. The van der Waals surface area contributed by atoms with E-state index in [4.69, 9.17) is 0 Å². The number of carbonyl (C=O) groups is 1. The fourth-order valence-electron chi connectivity index (χ4n) is 2.69. The summed E-state index contributed by atoms with van der Waals surface area (Å²) >= 11 is 0. The number of rotatable bonds is 6. The number of amides is 1. The van der Waals surface area contributed by atoms with Gasteiger partial charge in [0.15, 0.2) is 0 Å². The van der Waals surface area contributed by atoms with Crippen LogP contribution in [0.25, 0.3) is 0 Å². The molecule has 1 aliphatic heterocycles. The summed E-state index contributed by atoms with van der Waals surface area (Å²) in [6.45, 7) is 8.49. The van der Waals surface area contributed by atoms with Crippen LogP contribution in [0.4, 0.5) is 0 Å². The van der Waals surface area contributed by atoms with Crippen molar-refractivity contribution in [3.8, 4) is 0 Å². The molecule has 1 saturated heterocycles. The van der Waals surface area contributed by atoms with Crippen LogP contribution < -0.4 is 0 Å². The lowest BCUT2D eigenvalue weighted by molar-refractivity contribution is -0.127. The second-order valence-corrected chi connectivity index (χ2v) is 4.80. The molecule has 88 valence electrons. The van der Waals surface area contributed by atoms with Gasteiger partial charge in [-0.05, 0) is 25.2 Å². The first-order chi connectivity index (χ1) is 7.21. The van der Waals surface area contributed by atoms with Crippen LogP contribution in [0.5, 0.6) is 0 Å². The summed E-state index contributed by atoms with van der Waals surface area (Å²) in [7, 11) is 0. The van der Waals surface area contributed by atoms with E-state index in [1.54, 1.807) is 0 Å². The Labute approximate surface area is 94.0 Å². The SMILES string of the molecule is CCCC(CC)CC1CC(=O)N(CC)C1. The molecule has 15 heavy (non-hydrogen) atoms. The number of carbonyl (C=O) groups excluding carboxylic acids is 1. The average Bonchev–Trinajstić information content (AvgIpc) is 2.58. The van der Waals surface area contributed by atoms with Gasteiger partial charge in [0.05, 0.1) is 0 Å². The van der Waals surface area contributed by atoms with Gasteiger partial charge in [-0.2, -0.15) is 0 Å². The minimum atomic E-state index is 0.369. The van der Waals surface area contributed by atoms with Gasteiger partial charge in [-0.15, -0.1) is 0 Å². The highest BCUT2D eigenvalue weighted by Crippen LogP contribution is 2.27. The Morgan fingerprint density at radius 1 is 1.40 bits per heavy atom. The summed E-state index contributed by atoms with van der Waals surface area (Å²) in [6.07, 6.45) is 5.93. The van der Waals surface area contributed by atoms with E-state index in [1.807, 2.05) is 4.90 Å². The van der Waals surface area contributed by atoms with Gasteiger partial charge in [-0.1, -0.05) is 33.1 Å². The van der Waals surface area contributed by atoms with Crippen LogP contribution in [0.15, 0.2) is 0 Å². The summed E-state index contributed by atoms with van der Waals surface area (Å²) in [5.74, 6) is 1.84. The summed E-state index contributed by atoms with van der Waals surface area (Å²) in [6, 6.07) is 0. The first kappa shape index (κ1) is 12.5. The second kappa shape index (κ2) is 6.14. The third-order valence-electron chi connectivity index (χ3n) is 3.62. The summed E-state index contributed by atoms with van der Waals surface area (Å²) in [5, 5.41) is 0. The van der Waals surface area contributed by atoms with Crippen molar-refractivity contribution in [3.05, 3.63) is 0 Å². The van der Waals surface area contributed by atoms with Gasteiger partial charge in [-0.3, -0.25) is 4.79 Å². The Morgan fingerprint density at radius 2 is 2.13 bits per heavy atom. The molecule has 0 aliphatic carbocycles. The fourth-order valence-corrected chi connectivity index (χ4v) is 2.69. The molecule has 1 aliphatic rings. The molecular weight excluding hydrogens is 186 g/mol. The summed E-state index contributed by atoms with van der Waals surface area (Å²) in [5.41, 5.74) is 0. The molecule has 0 aromatic rings. The molecule has 1 amide bonds. The highest BCUT2D eigenvalue weighted by atomic mass is 16.2. The molecule has 1 fully saturated rings. The van der Waals surface area contributed by atoms with Crippen LogP contribution in [0.1, 0.15) is 52.9 Å². The predicted molar refractivity (Wildman–Crippen MR) is 63.7 cm³/mol. The Morgan fingerprint density at radius 3 is 2.60 bits per heavy atom. The van der Waals surface area contributed by atoms with Gasteiger partial charge in [0.2, 0.25) is 5.91 Å². The van der Waals surface area contributed by atoms with E-state index in [2.05, 4.69) is 20.8 Å².